The maximum Gasteiger partial charge on any atom is 0.409 e. The van der Waals surface area contributed by atoms with Gasteiger partial charge in [-0.15, -0.1) is 0 Å². The Morgan fingerprint density at radius 1 is 1.40 bits per heavy atom. The number of hydrogen-bond acceptors (Lipinski definition) is 5. The number of nitrogens with two attached hydrogens (primary N) is 1. The predicted octanol–water partition coefficient (Wildman–Crippen LogP) is 1.13. The summed E-state index contributed by atoms with van der Waals surface area (Å²) in [6, 6.07) is 1.97. The molecule has 0 atom stereocenters. The normalized spacial score (nSPS) is 15.3. The Balaban J connectivity index is 2.04. The Labute approximate surface area is 119 Å². The number of ether oxygens (including phenoxy) is 1. The Bertz CT molecular complexity index is 470. The van der Waals surface area contributed by atoms with Crippen molar-refractivity contribution in [1.82, 2.24) is 9.88 Å². The number of pyridine rings is 1. The second-order valence-corrected chi connectivity index (χ2v) is 4.81. The van der Waals surface area contributed by atoms with Crippen molar-refractivity contribution in [3.05, 3.63) is 23.4 Å². The minimum Gasteiger partial charge on any atom is -0.450 e. The van der Waals surface area contributed by atoms with E-state index in [0.717, 1.165) is 30.0 Å². The van der Waals surface area contributed by atoms with Crippen LogP contribution in [0.25, 0.3) is 0 Å². The standard InChI is InChI=1S/C14H22N4O2/c1-3-20-14(19)18-8-6-17(7-9-18)13-12(10-15)11(2)4-5-16-13/h4-5H,3,6-10,15H2,1-2H3. The molecule has 6 heteroatoms. The van der Waals surface area contributed by atoms with E-state index in [2.05, 4.69) is 9.88 Å². The number of amides is 1. The quantitative estimate of drug-likeness (QED) is 0.897. The number of aromatic nitrogens is 1. The van der Waals surface area contributed by atoms with E-state index < -0.39 is 0 Å². The molecule has 1 aromatic rings. The molecular formula is C14H22N4O2. The van der Waals surface area contributed by atoms with Gasteiger partial charge in [-0.3, -0.25) is 0 Å². The summed E-state index contributed by atoms with van der Waals surface area (Å²) in [5, 5.41) is 0. The van der Waals surface area contributed by atoms with Crippen molar-refractivity contribution >= 4 is 11.9 Å². The van der Waals surface area contributed by atoms with Gasteiger partial charge in [0.2, 0.25) is 0 Å². The van der Waals surface area contributed by atoms with Gasteiger partial charge in [-0.05, 0) is 25.5 Å². The average Bonchev–Trinajstić information content (AvgIpc) is 2.47. The van der Waals surface area contributed by atoms with Crippen LogP contribution in [0.15, 0.2) is 12.3 Å². The molecule has 0 saturated carbocycles. The Hall–Kier alpha value is -1.82. The number of rotatable bonds is 3. The molecule has 0 spiro atoms. The van der Waals surface area contributed by atoms with Gasteiger partial charge in [-0.25, -0.2) is 9.78 Å². The molecule has 110 valence electrons. The van der Waals surface area contributed by atoms with Crippen molar-refractivity contribution in [1.29, 1.82) is 0 Å². The SMILES string of the molecule is CCOC(=O)N1CCN(c2nccc(C)c2CN)CC1. The van der Waals surface area contributed by atoms with Gasteiger partial charge in [0.15, 0.2) is 0 Å². The van der Waals surface area contributed by atoms with Gasteiger partial charge < -0.3 is 20.3 Å². The molecule has 1 saturated heterocycles. The fraction of sp³-hybridized carbons (Fsp3) is 0.571. The molecule has 0 bridgehead atoms. The average molecular weight is 278 g/mol. The van der Waals surface area contributed by atoms with E-state index in [9.17, 15) is 4.79 Å². The van der Waals surface area contributed by atoms with Crippen LogP contribution in [-0.4, -0.2) is 48.8 Å². The highest BCUT2D eigenvalue weighted by atomic mass is 16.6. The summed E-state index contributed by atoms with van der Waals surface area (Å²) in [6.45, 7) is 7.56. The molecule has 1 amide bonds. The topological polar surface area (TPSA) is 71.7 Å². The van der Waals surface area contributed by atoms with Gasteiger partial charge in [-0.1, -0.05) is 0 Å². The van der Waals surface area contributed by atoms with Crippen molar-refractivity contribution in [2.45, 2.75) is 20.4 Å². The minimum absolute atomic E-state index is 0.233. The largest absolute Gasteiger partial charge is 0.450 e. The van der Waals surface area contributed by atoms with Crippen LogP contribution in [-0.2, 0) is 11.3 Å². The zero-order valence-electron chi connectivity index (χ0n) is 12.1. The summed E-state index contributed by atoms with van der Waals surface area (Å²) >= 11 is 0. The van der Waals surface area contributed by atoms with Crippen LogP contribution >= 0.6 is 0 Å². The Morgan fingerprint density at radius 3 is 2.70 bits per heavy atom. The Morgan fingerprint density at radius 2 is 2.10 bits per heavy atom. The maximum atomic E-state index is 11.7. The second-order valence-electron chi connectivity index (χ2n) is 4.81. The first-order valence-electron chi connectivity index (χ1n) is 6.98. The molecule has 6 nitrogen and oxygen atoms in total. The number of hydrogen-bond donors (Lipinski definition) is 1. The number of carbonyl (C=O) groups is 1. The highest BCUT2D eigenvalue weighted by molar-refractivity contribution is 5.68. The van der Waals surface area contributed by atoms with Gasteiger partial charge in [-0.2, -0.15) is 0 Å². The number of aryl methyl sites for hydroxylation is 1. The van der Waals surface area contributed by atoms with Crippen LogP contribution in [0.2, 0.25) is 0 Å². The number of carbonyl (C=O) groups excluding carboxylic acids is 1. The van der Waals surface area contributed by atoms with Crippen molar-refractivity contribution < 1.29 is 9.53 Å². The fourth-order valence-electron chi connectivity index (χ4n) is 2.41. The first-order valence-corrected chi connectivity index (χ1v) is 6.98. The number of anilines is 1. The monoisotopic (exact) mass is 278 g/mol. The van der Waals surface area contributed by atoms with Crippen LogP contribution in [0, 0.1) is 6.92 Å². The molecule has 20 heavy (non-hydrogen) atoms. The molecule has 2 rings (SSSR count). The van der Waals surface area contributed by atoms with Gasteiger partial charge in [0.25, 0.3) is 0 Å². The molecule has 0 aliphatic carbocycles. The lowest BCUT2D eigenvalue weighted by Gasteiger charge is -2.35. The van der Waals surface area contributed by atoms with Gasteiger partial charge >= 0.3 is 6.09 Å². The molecule has 1 aliphatic heterocycles. The summed E-state index contributed by atoms with van der Waals surface area (Å²) in [5.41, 5.74) is 8.06. The second kappa shape index (κ2) is 6.56. The van der Waals surface area contributed by atoms with E-state index in [4.69, 9.17) is 10.5 Å². The minimum atomic E-state index is -0.233. The fourth-order valence-corrected chi connectivity index (χ4v) is 2.41. The summed E-state index contributed by atoms with van der Waals surface area (Å²) in [5.74, 6) is 0.941. The van der Waals surface area contributed by atoms with Crippen LogP contribution in [0.4, 0.5) is 10.6 Å². The molecule has 1 aromatic heterocycles. The number of nitrogens with zero attached hydrogens (tertiary/aromatic N) is 3. The first-order chi connectivity index (χ1) is 9.67. The van der Waals surface area contributed by atoms with Crippen LogP contribution in [0.1, 0.15) is 18.1 Å². The third kappa shape index (κ3) is 3.01. The lowest BCUT2D eigenvalue weighted by molar-refractivity contribution is 0.105. The predicted molar refractivity (Wildman–Crippen MR) is 77.7 cm³/mol. The van der Waals surface area contributed by atoms with Crippen molar-refractivity contribution in [2.75, 3.05) is 37.7 Å². The zero-order chi connectivity index (χ0) is 14.5. The van der Waals surface area contributed by atoms with Crippen LogP contribution in [0.5, 0.6) is 0 Å². The molecule has 0 unspecified atom stereocenters. The summed E-state index contributed by atoms with van der Waals surface area (Å²) < 4.78 is 5.02. The third-order valence-electron chi connectivity index (χ3n) is 3.58. The zero-order valence-corrected chi connectivity index (χ0v) is 12.1. The van der Waals surface area contributed by atoms with Crippen LogP contribution in [0.3, 0.4) is 0 Å². The molecule has 0 aromatic carbocycles. The van der Waals surface area contributed by atoms with E-state index in [1.165, 1.54) is 0 Å². The van der Waals surface area contributed by atoms with Crippen LogP contribution < -0.4 is 10.6 Å². The molecule has 2 N–H and O–H groups in total. The van der Waals surface area contributed by atoms with Gasteiger partial charge in [0, 0.05) is 44.5 Å². The summed E-state index contributed by atoms with van der Waals surface area (Å²) in [6.07, 6.45) is 1.57. The van der Waals surface area contributed by atoms with E-state index in [1.807, 2.05) is 26.1 Å². The van der Waals surface area contributed by atoms with E-state index >= 15 is 0 Å². The van der Waals surface area contributed by atoms with E-state index in [0.29, 0.717) is 26.2 Å². The maximum absolute atomic E-state index is 11.7. The lowest BCUT2D eigenvalue weighted by atomic mass is 10.1. The van der Waals surface area contributed by atoms with Gasteiger partial charge in [0.1, 0.15) is 5.82 Å². The lowest BCUT2D eigenvalue weighted by Crippen LogP contribution is -2.49. The van der Waals surface area contributed by atoms with Crippen molar-refractivity contribution in [3.8, 4) is 0 Å². The Kier molecular flexibility index (Phi) is 4.79. The molecular weight excluding hydrogens is 256 g/mol. The first kappa shape index (κ1) is 14.6. The number of piperazine rings is 1. The highest BCUT2D eigenvalue weighted by Crippen LogP contribution is 2.21. The molecule has 0 radical (unpaired) electrons. The highest BCUT2D eigenvalue weighted by Gasteiger charge is 2.24. The summed E-state index contributed by atoms with van der Waals surface area (Å²) in [7, 11) is 0. The van der Waals surface area contributed by atoms with E-state index in [-0.39, 0.29) is 6.09 Å². The van der Waals surface area contributed by atoms with Crippen molar-refractivity contribution in [2.24, 2.45) is 5.73 Å². The smallest absolute Gasteiger partial charge is 0.409 e. The third-order valence-corrected chi connectivity index (χ3v) is 3.58. The molecule has 2 heterocycles. The molecule has 1 fully saturated rings. The molecule has 1 aliphatic rings. The van der Waals surface area contributed by atoms with E-state index in [1.54, 1.807) is 4.90 Å². The van der Waals surface area contributed by atoms with Gasteiger partial charge in [0.05, 0.1) is 6.61 Å². The summed E-state index contributed by atoms with van der Waals surface area (Å²) in [4.78, 5) is 20.0. The van der Waals surface area contributed by atoms with Crippen molar-refractivity contribution in [3.63, 3.8) is 0 Å².